The van der Waals surface area contributed by atoms with E-state index in [0.717, 1.165) is 25.7 Å². The van der Waals surface area contributed by atoms with Crippen LogP contribution in [-0.4, -0.2) is 68.6 Å². The molecular weight excluding hydrogens is 356 g/mol. The SMILES string of the molecule is CCOC(=O)N1CCC(NC(=O)CSc2nnnn2C2CCCC2)CC1. The van der Waals surface area contributed by atoms with E-state index in [4.69, 9.17) is 4.74 Å². The number of thioether (sulfide) groups is 1. The molecule has 1 aliphatic carbocycles. The van der Waals surface area contributed by atoms with Crippen molar-refractivity contribution < 1.29 is 14.3 Å². The number of carbonyl (C=O) groups is 2. The van der Waals surface area contributed by atoms with Gasteiger partial charge in [-0.15, -0.1) is 5.10 Å². The Bertz CT molecular complexity index is 611. The molecule has 2 amide bonds. The summed E-state index contributed by atoms with van der Waals surface area (Å²) in [6, 6.07) is 0.461. The Labute approximate surface area is 157 Å². The molecule has 1 aromatic rings. The molecule has 1 aliphatic heterocycles. The smallest absolute Gasteiger partial charge is 0.409 e. The summed E-state index contributed by atoms with van der Waals surface area (Å²) in [7, 11) is 0. The number of carbonyl (C=O) groups excluding carboxylic acids is 2. The third-order valence-corrected chi connectivity index (χ3v) is 5.79. The van der Waals surface area contributed by atoms with Crippen molar-refractivity contribution in [3.8, 4) is 0 Å². The van der Waals surface area contributed by atoms with Crippen LogP contribution in [0.25, 0.3) is 0 Å². The van der Waals surface area contributed by atoms with Gasteiger partial charge >= 0.3 is 6.09 Å². The first kappa shape index (κ1) is 18.9. The summed E-state index contributed by atoms with van der Waals surface area (Å²) in [5.74, 6) is 0.274. The second kappa shape index (κ2) is 9.20. The highest BCUT2D eigenvalue weighted by atomic mass is 32.2. The van der Waals surface area contributed by atoms with Gasteiger partial charge in [0.2, 0.25) is 11.1 Å². The normalized spacial score (nSPS) is 18.9. The third kappa shape index (κ3) is 4.87. The molecule has 2 heterocycles. The fourth-order valence-corrected chi connectivity index (χ4v) is 4.23. The van der Waals surface area contributed by atoms with Crippen LogP contribution in [-0.2, 0) is 9.53 Å². The van der Waals surface area contributed by atoms with E-state index in [0.29, 0.717) is 36.6 Å². The highest BCUT2D eigenvalue weighted by Gasteiger charge is 2.25. The van der Waals surface area contributed by atoms with Gasteiger partial charge in [0.05, 0.1) is 18.4 Å². The van der Waals surface area contributed by atoms with Gasteiger partial charge in [-0.1, -0.05) is 24.6 Å². The van der Waals surface area contributed by atoms with Crippen molar-refractivity contribution in [2.24, 2.45) is 0 Å². The standard InChI is InChI=1S/C16H26N6O3S/c1-2-25-16(24)21-9-7-12(8-10-21)17-14(23)11-26-15-18-19-20-22(15)13-5-3-4-6-13/h12-13H,2-11H2,1H3,(H,17,23). The largest absolute Gasteiger partial charge is 0.450 e. The molecule has 2 fully saturated rings. The number of piperidine rings is 1. The summed E-state index contributed by atoms with van der Waals surface area (Å²) in [5, 5.41) is 15.7. The van der Waals surface area contributed by atoms with E-state index >= 15 is 0 Å². The third-order valence-electron chi connectivity index (χ3n) is 4.85. The Morgan fingerprint density at radius 3 is 2.65 bits per heavy atom. The number of nitrogens with one attached hydrogen (secondary N) is 1. The number of tetrazole rings is 1. The van der Waals surface area contributed by atoms with E-state index in [1.807, 2.05) is 4.68 Å². The monoisotopic (exact) mass is 382 g/mol. The first-order valence-corrected chi connectivity index (χ1v) is 10.3. The van der Waals surface area contributed by atoms with Crippen LogP contribution in [0.3, 0.4) is 0 Å². The molecule has 0 spiro atoms. The summed E-state index contributed by atoms with van der Waals surface area (Å²) in [5.41, 5.74) is 0. The van der Waals surface area contributed by atoms with Crippen LogP contribution in [0.2, 0.25) is 0 Å². The lowest BCUT2D eigenvalue weighted by Crippen LogP contribution is -2.47. The fourth-order valence-electron chi connectivity index (χ4n) is 3.48. The maximum absolute atomic E-state index is 12.2. The number of aromatic nitrogens is 4. The maximum Gasteiger partial charge on any atom is 0.409 e. The summed E-state index contributed by atoms with van der Waals surface area (Å²) in [6.07, 6.45) is 5.84. The van der Waals surface area contributed by atoms with Gasteiger partial charge in [-0.3, -0.25) is 4.79 Å². The summed E-state index contributed by atoms with van der Waals surface area (Å²) in [6.45, 7) is 3.40. The molecule has 0 bridgehead atoms. The van der Waals surface area contributed by atoms with Crippen molar-refractivity contribution in [3.63, 3.8) is 0 Å². The molecule has 10 heteroatoms. The number of ether oxygens (including phenoxy) is 1. The lowest BCUT2D eigenvalue weighted by molar-refractivity contribution is -0.119. The molecule has 144 valence electrons. The molecule has 3 rings (SSSR count). The number of rotatable bonds is 6. The predicted octanol–water partition coefficient (Wildman–Crippen LogP) is 1.62. The van der Waals surface area contributed by atoms with E-state index in [1.165, 1.54) is 24.6 Å². The quantitative estimate of drug-likeness (QED) is 0.746. The lowest BCUT2D eigenvalue weighted by Gasteiger charge is -2.31. The molecule has 1 saturated carbocycles. The van der Waals surface area contributed by atoms with Gasteiger partial charge in [0.1, 0.15) is 0 Å². The summed E-state index contributed by atoms with van der Waals surface area (Å²) in [4.78, 5) is 25.6. The minimum Gasteiger partial charge on any atom is -0.450 e. The molecule has 26 heavy (non-hydrogen) atoms. The molecule has 0 atom stereocenters. The van der Waals surface area contributed by atoms with Crippen LogP contribution in [0.5, 0.6) is 0 Å². The summed E-state index contributed by atoms with van der Waals surface area (Å²) >= 11 is 1.38. The van der Waals surface area contributed by atoms with Crippen LogP contribution >= 0.6 is 11.8 Å². The molecule has 2 aliphatic rings. The number of hydrogen-bond acceptors (Lipinski definition) is 7. The Morgan fingerprint density at radius 2 is 1.96 bits per heavy atom. The Balaban J connectivity index is 1.40. The van der Waals surface area contributed by atoms with Crippen molar-refractivity contribution in [2.75, 3.05) is 25.4 Å². The Morgan fingerprint density at radius 1 is 1.23 bits per heavy atom. The van der Waals surface area contributed by atoms with E-state index in [9.17, 15) is 9.59 Å². The van der Waals surface area contributed by atoms with Gasteiger partial charge in [0.15, 0.2) is 0 Å². The highest BCUT2D eigenvalue weighted by Crippen LogP contribution is 2.31. The van der Waals surface area contributed by atoms with Crippen molar-refractivity contribution in [1.29, 1.82) is 0 Å². The first-order chi connectivity index (χ1) is 12.7. The number of hydrogen-bond donors (Lipinski definition) is 1. The average molecular weight is 382 g/mol. The average Bonchev–Trinajstić information content (AvgIpc) is 3.32. The van der Waals surface area contributed by atoms with Gasteiger partial charge in [0, 0.05) is 19.1 Å². The maximum atomic E-state index is 12.2. The van der Waals surface area contributed by atoms with Crippen LogP contribution in [0.1, 0.15) is 51.5 Å². The van der Waals surface area contributed by atoms with Crippen LogP contribution in [0, 0.1) is 0 Å². The topological polar surface area (TPSA) is 102 Å². The number of likely N-dealkylation sites (tertiary alicyclic amines) is 1. The molecule has 9 nitrogen and oxygen atoms in total. The van der Waals surface area contributed by atoms with E-state index in [1.54, 1.807) is 11.8 Å². The van der Waals surface area contributed by atoms with Crippen molar-refractivity contribution in [2.45, 2.75) is 62.7 Å². The predicted molar refractivity (Wildman–Crippen MR) is 95.8 cm³/mol. The van der Waals surface area contributed by atoms with Crippen molar-refractivity contribution >= 4 is 23.8 Å². The Hall–Kier alpha value is -1.84. The first-order valence-electron chi connectivity index (χ1n) is 9.29. The van der Waals surface area contributed by atoms with E-state index < -0.39 is 0 Å². The molecule has 0 aromatic carbocycles. The fraction of sp³-hybridized carbons (Fsp3) is 0.812. The van der Waals surface area contributed by atoms with Crippen LogP contribution < -0.4 is 5.32 Å². The molecular formula is C16H26N6O3S. The number of amides is 2. The van der Waals surface area contributed by atoms with Gasteiger partial charge < -0.3 is 15.0 Å². The Kier molecular flexibility index (Phi) is 6.70. The minimum absolute atomic E-state index is 0.0226. The highest BCUT2D eigenvalue weighted by molar-refractivity contribution is 7.99. The molecule has 1 N–H and O–H groups in total. The molecule has 0 unspecified atom stereocenters. The lowest BCUT2D eigenvalue weighted by atomic mass is 10.1. The van der Waals surface area contributed by atoms with E-state index in [2.05, 4.69) is 20.8 Å². The van der Waals surface area contributed by atoms with Gasteiger partial charge in [-0.2, -0.15) is 0 Å². The van der Waals surface area contributed by atoms with Crippen molar-refractivity contribution in [3.05, 3.63) is 0 Å². The minimum atomic E-state index is -0.272. The van der Waals surface area contributed by atoms with Gasteiger partial charge in [-0.25, -0.2) is 9.48 Å². The molecule has 1 saturated heterocycles. The van der Waals surface area contributed by atoms with Gasteiger partial charge in [-0.05, 0) is 43.0 Å². The zero-order valence-electron chi connectivity index (χ0n) is 15.1. The number of nitrogens with zero attached hydrogens (tertiary/aromatic N) is 5. The summed E-state index contributed by atoms with van der Waals surface area (Å²) < 4.78 is 6.87. The van der Waals surface area contributed by atoms with Crippen molar-refractivity contribution in [1.82, 2.24) is 30.4 Å². The van der Waals surface area contributed by atoms with Crippen LogP contribution in [0.4, 0.5) is 4.79 Å². The van der Waals surface area contributed by atoms with Crippen LogP contribution in [0.15, 0.2) is 5.16 Å². The second-order valence-corrected chi connectivity index (χ2v) is 7.60. The molecule has 1 aromatic heterocycles. The zero-order chi connectivity index (χ0) is 18.4. The molecule has 0 radical (unpaired) electrons. The second-order valence-electron chi connectivity index (χ2n) is 6.66. The van der Waals surface area contributed by atoms with E-state index in [-0.39, 0.29) is 18.0 Å². The zero-order valence-corrected chi connectivity index (χ0v) is 15.9. The van der Waals surface area contributed by atoms with Gasteiger partial charge in [0.25, 0.3) is 0 Å².